The lowest BCUT2D eigenvalue weighted by Crippen LogP contribution is -2.61. The van der Waals surface area contributed by atoms with Crippen LogP contribution in [0.25, 0.3) is 16.8 Å². The monoisotopic (exact) mass is 489 g/mol. The fraction of sp³-hybridized carbons (Fsp3) is 0.500. The van der Waals surface area contributed by atoms with Crippen LogP contribution in [-0.4, -0.2) is 82.9 Å². The number of aryl methyl sites for hydroxylation is 1. The summed E-state index contributed by atoms with van der Waals surface area (Å²) in [5, 5.41) is 17.7. The molecule has 0 aromatic carbocycles. The fourth-order valence-corrected chi connectivity index (χ4v) is 4.48. The number of ether oxygens (including phenoxy) is 1. The first-order valence-corrected chi connectivity index (χ1v) is 11.3. The molecule has 0 aliphatic carbocycles. The lowest BCUT2D eigenvalue weighted by Gasteiger charge is -2.44. The van der Waals surface area contributed by atoms with Crippen LogP contribution >= 0.6 is 0 Å². The van der Waals surface area contributed by atoms with E-state index in [4.69, 9.17) is 4.74 Å². The summed E-state index contributed by atoms with van der Waals surface area (Å²) in [5.74, 6) is -3.29. The van der Waals surface area contributed by atoms with Crippen molar-refractivity contribution in [3.63, 3.8) is 0 Å². The first-order valence-electron chi connectivity index (χ1n) is 11.3. The number of anilines is 2. The van der Waals surface area contributed by atoms with Gasteiger partial charge < -0.3 is 15.4 Å². The summed E-state index contributed by atoms with van der Waals surface area (Å²) in [6.45, 7) is 2.89. The topological polar surface area (TPSA) is 104 Å². The van der Waals surface area contributed by atoms with E-state index in [1.807, 2.05) is 0 Å². The average Bonchev–Trinajstić information content (AvgIpc) is 3.10. The molecule has 2 N–H and O–H groups in total. The summed E-state index contributed by atoms with van der Waals surface area (Å²) >= 11 is 0. The highest BCUT2D eigenvalue weighted by molar-refractivity contribution is 5.88. The van der Waals surface area contributed by atoms with E-state index in [-0.39, 0.29) is 36.3 Å². The third-order valence-corrected chi connectivity index (χ3v) is 6.41. The molecule has 5 heterocycles. The SMILES string of the molecule is CN=Nc1ccc(-c2c(F)cn3nc(NC4CCN(C5COC5)CC4(F)F)nc(NC)c23)nc1C. The van der Waals surface area contributed by atoms with Gasteiger partial charge in [0.1, 0.15) is 11.2 Å². The quantitative estimate of drug-likeness (QED) is 0.511. The number of halogens is 3. The highest BCUT2D eigenvalue weighted by atomic mass is 19.3. The van der Waals surface area contributed by atoms with E-state index < -0.39 is 17.8 Å². The third kappa shape index (κ3) is 4.29. The lowest BCUT2D eigenvalue weighted by atomic mass is 9.98. The second kappa shape index (κ2) is 9.04. The van der Waals surface area contributed by atoms with Gasteiger partial charge in [-0.3, -0.25) is 9.88 Å². The summed E-state index contributed by atoms with van der Waals surface area (Å²) in [5.41, 5.74) is 2.08. The van der Waals surface area contributed by atoms with Crippen LogP contribution in [0, 0.1) is 12.7 Å². The van der Waals surface area contributed by atoms with Crippen LogP contribution in [0.1, 0.15) is 12.1 Å². The summed E-state index contributed by atoms with van der Waals surface area (Å²) in [6, 6.07) is 2.24. The van der Waals surface area contributed by atoms with Gasteiger partial charge >= 0.3 is 0 Å². The van der Waals surface area contributed by atoms with Crippen LogP contribution in [0.15, 0.2) is 28.6 Å². The van der Waals surface area contributed by atoms with Crippen molar-refractivity contribution in [1.82, 2.24) is 24.5 Å². The Kier molecular flexibility index (Phi) is 6.05. The van der Waals surface area contributed by atoms with E-state index in [1.165, 1.54) is 10.7 Å². The summed E-state index contributed by atoms with van der Waals surface area (Å²) < 4.78 is 51.4. The molecule has 0 spiro atoms. The van der Waals surface area contributed by atoms with E-state index >= 15 is 4.39 Å². The molecule has 3 aromatic heterocycles. The molecular weight excluding hydrogens is 463 g/mol. The van der Waals surface area contributed by atoms with Gasteiger partial charge in [-0.25, -0.2) is 17.7 Å². The minimum Gasteiger partial charge on any atom is -0.378 e. The number of hydrogen-bond donors (Lipinski definition) is 2. The van der Waals surface area contributed by atoms with E-state index in [9.17, 15) is 8.78 Å². The molecule has 35 heavy (non-hydrogen) atoms. The van der Waals surface area contributed by atoms with Crippen molar-refractivity contribution in [2.45, 2.75) is 31.4 Å². The van der Waals surface area contributed by atoms with Crippen LogP contribution in [0.3, 0.4) is 0 Å². The van der Waals surface area contributed by atoms with Crippen LogP contribution in [0.2, 0.25) is 0 Å². The van der Waals surface area contributed by atoms with Crippen molar-refractivity contribution in [3.8, 4) is 11.3 Å². The highest BCUT2D eigenvalue weighted by Gasteiger charge is 2.47. The number of aromatic nitrogens is 4. The maximum atomic E-state index is 15.1. The van der Waals surface area contributed by atoms with Crippen molar-refractivity contribution in [3.05, 3.63) is 29.8 Å². The standard InChI is InChI=1S/C22H26F3N9O/c1-12-15(31-27-3)4-5-16(28-12)18-14(23)8-34-19(18)20(26-2)30-21(32-34)29-17-6-7-33(11-22(17,24)25)13-9-35-10-13/h4-5,8,13,17H,6-7,9-11H2,1-3H3,(H2,26,29,30,32). The normalized spacial score (nSPS) is 20.9. The molecule has 0 amide bonds. The summed E-state index contributed by atoms with van der Waals surface area (Å²) in [7, 11) is 3.18. The molecule has 2 aliphatic rings. The van der Waals surface area contributed by atoms with Gasteiger partial charge in [0, 0.05) is 20.6 Å². The number of nitrogens with one attached hydrogen (secondary N) is 2. The maximum absolute atomic E-state index is 15.1. The molecule has 0 saturated carbocycles. The van der Waals surface area contributed by atoms with Gasteiger partial charge in [-0.15, -0.1) is 5.10 Å². The van der Waals surface area contributed by atoms with E-state index in [1.54, 1.807) is 38.1 Å². The minimum absolute atomic E-state index is 0.0173. The van der Waals surface area contributed by atoms with E-state index in [0.29, 0.717) is 42.4 Å². The molecule has 2 fully saturated rings. The largest absolute Gasteiger partial charge is 0.378 e. The Bertz CT molecular complexity index is 1270. The average molecular weight is 490 g/mol. The van der Waals surface area contributed by atoms with Gasteiger partial charge in [0.05, 0.1) is 55.0 Å². The van der Waals surface area contributed by atoms with Gasteiger partial charge in [0.2, 0.25) is 5.95 Å². The maximum Gasteiger partial charge on any atom is 0.280 e. The predicted octanol–water partition coefficient (Wildman–Crippen LogP) is 3.51. The molecule has 10 nitrogen and oxygen atoms in total. The van der Waals surface area contributed by atoms with Crippen LogP contribution in [0.5, 0.6) is 0 Å². The third-order valence-electron chi connectivity index (χ3n) is 6.41. The molecule has 2 saturated heterocycles. The van der Waals surface area contributed by atoms with Crippen molar-refractivity contribution < 1.29 is 17.9 Å². The number of fused-ring (bicyclic) bond motifs is 1. The van der Waals surface area contributed by atoms with Gasteiger partial charge in [-0.05, 0) is 25.5 Å². The highest BCUT2D eigenvalue weighted by Crippen LogP contribution is 2.35. The fourth-order valence-electron chi connectivity index (χ4n) is 4.48. The zero-order valence-corrected chi connectivity index (χ0v) is 19.6. The van der Waals surface area contributed by atoms with Crippen LogP contribution in [0.4, 0.5) is 30.6 Å². The predicted molar refractivity (Wildman–Crippen MR) is 124 cm³/mol. The number of azo groups is 1. The number of hydrogen-bond acceptors (Lipinski definition) is 9. The second-order valence-electron chi connectivity index (χ2n) is 8.69. The van der Waals surface area contributed by atoms with Crippen molar-refractivity contribution in [1.29, 1.82) is 0 Å². The number of pyridine rings is 1. The van der Waals surface area contributed by atoms with Gasteiger partial charge in [-0.1, -0.05) is 0 Å². The first kappa shape index (κ1) is 23.4. The zero-order chi connectivity index (χ0) is 24.7. The molecule has 0 radical (unpaired) electrons. The molecule has 0 bridgehead atoms. The number of alkyl halides is 2. The molecule has 13 heteroatoms. The summed E-state index contributed by atoms with van der Waals surface area (Å²) in [6.07, 6.45) is 1.40. The number of nitrogens with zero attached hydrogens (tertiary/aromatic N) is 7. The van der Waals surface area contributed by atoms with Crippen LogP contribution < -0.4 is 10.6 Å². The number of rotatable bonds is 6. The summed E-state index contributed by atoms with van der Waals surface area (Å²) in [4.78, 5) is 10.6. The van der Waals surface area contributed by atoms with Gasteiger partial charge in [0.25, 0.3) is 5.92 Å². The molecule has 5 rings (SSSR count). The molecular formula is C22H26F3N9O. The Morgan fingerprint density at radius 2 is 2.03 bits per heavy atom. The second-order valence-corrected chi connectivity index (χ2v) is 8.69. The van der Waals surface area contributed by atoms with Crippen molar-refractivity contribution in [2.24, 2.45) is 10.2 Å². The Morgan fingerprint density at radius 1 is 1.23 bits per heavy atom. The van der Waals surface area contributed by atoms with Crippen molar-refractivity contribution >= 4 is 23.0 Å². The Balaban J connectivity index is 1.46. The van der Waals surface area contributed by atoms with Crippen molar-refractivity contribution in [2.75, 3.05) is 51.0 Å². The number of likely N-dealkylation sites (tertiary alicyclic amines) is 1. The molecule has 2 aliphatic heterocycles. The number of piperidine rings is 1. The molecule has 186 valence electrons. The molecule has 1 atom stereocenters. The zero-order valence-electron chi connectivity index (χ0n) is 19.6. The molecule has 3 aromatic rings. The first-order chi connectivity index (χ1) is 16.8. The smallest absolute Gasteiger partial charge is 0.280 e. The Hall–Kier alpha value is -3.32. The van der Waals surface area contributed by atoms with Gasteiger partial charge in [-0.2, -0.15) is 15.2 Å². The minimum atomic E-state index is -2.99. The molecule has 1 unspecified atom stereocenters. The Labute approximate surface area is 199 Å². The Morgan fingerprint density at radius 3 is 2.66 bits per heavy atom. The lowest BCUT2D eigenvalue weighted by molar-refractivity contribution is -0.131. The van der Waals surface area contributed by atoms with E-state index in [2.05, 4.69) is 35.9 Å². The van der Waals surface area contributed by atoms with Gasteiger partial charge in [0.15, 0.2) is 11.6 Å². The van der Waals surface area contributed by atoms with E-state index in [0.717, 1.165) is 0 Å². The van der Waals surface area contributed by atoms with Crippen LogP contribution in [-0.2, 0) is 4.74 Å².